The van der Waals surface area contributed by atoms with Crippen LogP contribution in [0.15, 0.2) is 53.0 Å². The maximum atomic E-state index is 14.1. The third-order valence-corrected chi connectivity index (χ3v) is 3.70. The number of nitrogens with zero attached hydrogens (tertiary/aromatic N) is 1. The molecule has 0 aliphatic rings. The van der Waals surface area contributed by atoms with Gasteiger partial charge in [0, 0.05) is 16.6 Å². The minimum absolute atomic E-state index is 0.0280. The Labute approximate surface area is 133 Å². The summed E-state index contributed by atoms with van der Waals surface area (Å²) in [6, 6.07) is 10.1. The maximum Gasteiger partial charge on any atom is 0.269 e. The highest BCUT2D eigenvalue weighted by Gasteiger charge is 2.32. The first-order valence-corrected chi connectivity index (χ1v) is 7.11. The van der Waals surface area contributed by atoms with Gasteiger partial charge in [0.2, 0.25) is 0 Å². The Morgan fingerprint density at radius 3 is 1.68 bits per heavy atom. The van der Waals surface area contributed by atoms with Crippen molar-refractivity contribution in [3.05, 3.63) is 74.2 Å². The van der Waals surface area contributed by atoms with Crippen LogP contribution in [0, 0.1) is 10.1 Å². The Morgan fingerprint density at radius 1 is 0.864 bits per heavy atom. The molecule has 0 spiro atoms. The van der Waals surface area contributed by atoms with Gasteiger partial charge in [0.15, 0.2) is 18.5 Å². The van der Waals surface area contributed by atoms with E-state index in [1.54, 1.807) is 0 Å². The van der Waals surface area contributed by atoms with Gasteiger partial charge in [0.05, 0.1) is 4.92 Å². The van der Waals surface area contributed by atoms with Gasteiger partial charge in [0.1, 0.15) is 0 Å². The van der Waals surface area contributed by atoms with Crippen LogP contribution >= 0.6 is 15.9 Å². The number of hydrogen-bond donors (Lipinski definition) is 0. The fourth-order valence-corrected chi connectivity index (χ4v) is 2.21. The molecule has 0 saturated carbocycles. The molecule has 3 atom stereocenters. The van der Waals surface area contributed by atoms with Gasteiger partial charge in [-0.05, 0) is 35.4 Å². The molecule has 2 aromatic rings. The number of alkyl halides is 3. The molecule has 0 radical (unpaired) electrons. The zero-order chi connectivity index (χ0) is 16.3. The topological polar surface area (TPSA) is 43.1 Å². The van der Waals surface area contributed by atoms with Crippen LogP contribution in [-0.2, 0) is 0 Å². The number of benzene rings is 2. The van der Waals surface area contributed by atoms with Crippen molar-refractivity contribution < 1.29 is 18.1 Å². The molecule has 22 heavy (non-hydrogen) atoms. The Hall–Kier alpha value is -1.89. The first kappa shape index (κ1) is 16.5. The van der Waals surface area contributed by atoms with Crippen molar-refractivity contribution in [2.24, 2.45) is 0 Å². The van der Waals surface area contributed by atoms with E-state index in [-0.39, 0.29) is 16.8 Å². The molecule has 0 aliphatic heterocycles. The predicted molar refractivity (Wildman–Crippen MR) is 79.8 cm³/mol. The zero-order valence-electron chi connectivity index (χ0n) is 11.1. The molecule has 0 heterocycles. The number of hydrogen-bond acceptors (Lipinski definition) is 2. The fourth-order valence-electron chi connectivity index (χ4n) is 1.94. The van der Waals surface area contributed by atoms with Crippen LogP contribution < -0.4 is 0 Å². The summed E-state index contributed by atoms with van der Waals surface area (Å²) < 4.78 is 42.9. The highest BCUT2D eigenvalue weighted by molar-refractivity contribution is 9.10. The highest BCUT2D eigenvalue weighted by Crippen LogP contribution is 2.35. The Balaban J connectivity index is 2.15. The van der Waals surface area contributed by atoms with Crippen molar-refractivity contribution in [3.63, 3.8) is 0 Å². The van der Waals surface area contributed by atoms with Crippen LogP contribution in [0.4, 0.5) is 18.9 Å². The van der Waals surface area contributed by atoms with Gasteiger partial charge >= 0.3 is 0 Å². The van der Waals surface area contributed by atoms with Gasteiger partial charge in [-0.25, -0.2) is 13.2 Å². The van der Waals surface area contributed by atoms with E-state index in [4.69, 9.17) is 0 Å². The van der Waals surface area contributed by atoms with E-state index in [1.807, 2.05) is 0 Å². The van der Waals surface area contributed by atoms with Crippen LogP contribution in [-0.4, -0.2) is 11.1 Å². The second-order valence-electron chi connectivity index (χ2n) is 4.65. The summed E-state index contributed by atoms with van der Waals surface area (Å²) >= 11 is 3.17. The fraction of sp³-hybridized carbons (Fsp3) is 0.200. The lowest BCUT2D eigenvalue weighted by Gasteiger charge is -2.18. The van der Waals surface area contributed by atoms with Crippen molar-refractivity contribution >= 4 is 21.6 Å². The Kier molecular flexibility index (Phi) is 5.18. The zero-order valence-corrected chi connectivity index (χ0v) is 12.7. The number of rotatable bonds is 5. The van der Waals surface area contributed by atoms with Gasteiger partial charge in [-0.15, -0.1) is 0 Å². The number of halogens is 4. The molecule has 0 aliphatic carbocycles. The Bertz CT molecular complexity index is 649. The van der Waals surface area contributed by atoms with Gasteiger partial charge < -0.3 is 0 Å². The highest BCUT2D eigenvalue weighted by atomic mass is 79.9. The van der Waals surface area contributed by atoms with Gasteiger partial charge in [-0.3, -0.25) is 10.1 Å². The summed E-state index contributed by atoms with van der Waals surface area (Å²) in [6.07, 6.45) is -6.74. The molecule has 0 fully saturated rings. The molecular weight excluding hydrogens is 363 g/mol. The molecule has 2 aromatic carbocycles. The largest absolute Gasteiger partial charge is 0.269 e. The normalized spacial score (nSPS) is 15.1. The quantitative estimate of drug-likeness (QED) is 0.518. The van der Waals surface area contributed by atoms with E-state index >= 15 is 0 Å². The van der Waals surface area contributed by atoms with E-state index in [1.165, 1.54) is 24.3 Å². The molecule has 7 heteroatoms. The standard InChI is InChI=1S/C15H11BrF3NO2/c16-11-5-1-9(2-6-11)13(17)15(19)14(18)10-3-7-12(8-4-10)20(21)22/h1-8,13-15H/t13-,14+,15-/m1/s1. The van der Waals surface area contributed by atoms with E-state index < -0.39 is 23.4 Å². The molecular formula is C15H11BrF3NO2. The molecule has 0 unspecified atom stereocenters. The van der Waals surface area contributed by atoms with E-state index in [0.29, 0.717) is 4.47 Å². The number of nitro benzene ring substituents is 1. The van der Waals surface area contributed by atoms with Crippen molar-refractivity contribution in [3.8, 4) is 0 Å². The van der Waals surface area contributed by atoms with E-state index in [0.717, 1.165) is 24.3 Å². The first-order valence-electron chi connectivity index (χ1n) is 6.32. The summed E-state index contributed by atoms with van der Waals surface area (Å²) in [4.78, 5) is 9.86. The van der Waals surface area contributed by atoms with Crippen molar-refractivity contribution in [1.82, 2.24) is 0 Å². The number of non-ortho nitro benzene ring substituents is 1. The molecule has 0 aromatic heterocycles. The SMILES string of the molecule is O=[N+]([O-])c1ccc([C@H](F)[C@H](F)[C@H](F)c2ccc(Br)cc2)cc1. The monoisotopic (exact) mass is 373 g/mol. The summed E-state index contributed by atoms with van der Waals surface area (Å²) in [5.74, 6) is 0. The van der Waals surface area contributed by atoms with Gasteiger partial charge in [-0.1, -0.05) is 28.1 Å². The van der Waals surface area contributed by atoms with Crippen LogP contribution in [0.25, 0.3) is 0 Å². The molecule has 0 saturated heterocycles. The van der Waals surface area contributed by atoms with Crippen molar-refractivity contribution in [2.45, 2.75) is 18.5 Å². The average Bonchev–Trinajstić information content (AvgIpc) is 2.53. The minimum Gasteiger partial charge on any atom is -0.258 e. The summed E-state index contributed by atoms with van der Waals surface area (Å²) in [5, 5.41) is 10.5. The van der Waals surface area contributed by atoms with Crippen LogP contribution in [0.3, 0.4) is 0 Å². The lowest BCUT2D eigenvalue weighted by Crippen LogP contribution is -2.16. The van der Waals surface area contributed by atoms with Crippen LogP contribution in [0.5, 0.6) is 0 Å². The molecule has 0 amide bonds. The van der Waals surface area contributed by atoms with Gasteiger partial charge in [-0.2, -0.15) is 0 Å². The summed E-state index contributed by atoms with van der Waals surface area (Å²) in [6.45, 7) is 0. The van der Waals surface area contributed by atoms with Gasteiger partial charge in [0.25, 0.3) is 5.69 Å². The minimum atomic E-state index is -2.40. The lowest BCUT2D eigenvalue weighted by molar-refractivity contribution is -0.384. The lowest BCUT2D eigenvalue weighted by atomic mass is 9.99. The average molecular weight is 374 g/mol. The van der Waals surface area contributed by atoms with Crippen molar-refractivity contribution in [1.29, 1.82) is 0 Å². The summed E-state index contributed by atoms with van der Waals surface area (Å²) in [5.41, 5.74) is -0.353. The molecule has 116 valence electrons. The van der Waals surface area contributed by atoms with Crippen LogP contribution in [0.2, 0.25) is 0 Å². The second kappa shape index (κ2) is 6.91. The third-order valence-electron chi connectivity index (χ3n) is 3.17. The third kappa shape index (κ3) is 3.65. The summed E-state index contributed by atoms with van der Waals surface area (Å²) in [7, 11) is 0. The molecule has 0 bridgehead atoms. The first-order chi connectivity index (χ1) is 10.4. The smallest absolute Gasteiger partial charge is 0.258 e. The predicted octanol–water partition coefficient (Wildman–Crippen LogP) is 5.42. The van der Waals surface area contributed by atoms with Crippen molar-refractivity contribution in [2.75, 3.05) is 0 Å². The molecule has 3 nitrogen and oxygen atoms in total. The Morgan fingerprint density at radius 2 is 1.27 bits per heavy atom. The van der Waals surface area contributed by atoms with E-state index in [9.17, 15) is 23.3 Å². The molecule has 0 N–H and O–H groups in total. The second-order valence-corrected chi connectivity index (χ2v) is 5.56. The number of nitro groups is 1. The van der Waals surface area contributed by atoms with Crippen LogP contribution in [0.1, 0.15) is 23.5 Å². The van der Waals surface area contributed by atoms with E-state index in [2.05, 4.69) is 15.9 Å². The molecule has 2 rings (SSSR count). The maximum absolute atomic E-state index is 14.1.